The third-order valence-corrected chi connectivity index (χ3v) is 5.07. The van der Waals surface area contributed by atoms with Crippen molar-refractivity contribution in [2.45, 2.75) is 39.3 Å². The molecule has 2 aromatic carbocycles. The molecule has 1 fully saturated rings. The van der Waals surface area contributed by atoms with E-state index in [0.29, 0.717) is 18.2 Å². The zero-order valence-corrected chi connectivity index (χ0v) is 16.1. The van der Waals surface area contributed by atoms with Crippen LogP contribution in [0.15, 0.2) is 42.5 Å². The molecular formula is C21H25FN2OS. The van der Waals surface area contributed by atoms with Gasteiger partial charge in [0.15, 0.2) is 5.11 Å². The van der Waals surface area contributed by atoms with E-state index in [1.807, 2.05) is 12.1 Å². The fraction of sp³-hybridized carbons (Fsp3) is 0.381. The Labute approximate surface area is 160 Å². The maximum Gasteiger partial charge on any atom is 0.173 e. The van der Waals surface area contributed by atoms with Gasteiger partial charge in [-0.2, -0.15) is 0 Å². The molecule has 1 aliphatic heterocycles. The maximum absolute atomic E-state index is 13.6. The quantitative estimate of drug-likeness (QED) is 0.761. The van der Waals surface area contributed by atoms with Crippen LogP contribution in [0.1, 0.15) is 29.5 Å². The van der Waals surface area contributed by atoms with Gasteiger partial charge in [0, 0.05) is 25.4 Å². The Morgan fingerprint density at radius 3 is 2.62 bits per heavy atom. The Balaban J connectivity index is 1.78. The molecule has 2 aromatic rings. The smallest absolute Gasteiger partial charge is 0.173 e. The molecule has 0 amide bonds. The first-order chi connectivity index (χ1) is 12.5. The average Bonchev–Trinajstić information content (AvgIpc) is 3.11. The molecule has 26 heavy (non-hydrogen) atoms. The van der Waals surface area contributed by atoms with E-state index < -0.39 is 0 Å². The lowest BCUT2D eigenvalue weighted by Gasteiger charge is -2.29. The first-order valence-electron chi connectivity index (χ1n) is 9.01. The summed E-state index contributed by atoms with van der Waals surface area (Å²) >= 11 is 5.71. The molecule has 0 bridgehead atoms. The van der Waals surface area contributed by atoms with Crippen molar-refractivity contribution in [2.24, 2.45) is 0 Å². The van der Waals surface area contributed by atoms with Gasteiger partial charge in [-0.1, -0.05) is 30.3 Å². The first kappa shape index (κ1) is 18.8. The molecule has 1 heterocycles. The van der Waals surface area contributed by atoms with Crippen LogP contribution >= 0.6 is 12.2 Å². The number of anilines is 1. The minimum Gasteiger partial charge on any atom is -0.376 e. The van der Waals surface area contributed by atoms with Crippen molar-refractivity contribution in [3.05, 3.63) is 65.0 Å². The first-order valence-corrected chi connectivity index (χ1v) is 9.42. The normalized spacial score (nSPS) is 16.5. The number of rotatable bonds is 5. The molecule has 1 saturated heterocycles. The van der Waals surface area contributed by atoms with Crippen LogP contribution in [0, 0.1) is 19.7 Å². The van der Waals surface area contributed by atoms with E-state index in [1.165, 1.54) is 6.07 Å². The highest BCUT2D eigenvalue weighted by Crippen LogP contribution is 2.22. The number of halogens is 1. The van der Waals surface area contributed by atoms with Crippen molar-refractivity contribution in [1.29, 1.82) is 0 Å². The van der Waals surface area contributed by atoms with Crippen molar-refractivity contribution in [1.82, 2.24) is 4.90 Å². The number of thiocarbonyl (C=S) groups is 1. The SMILES string of the molecule is Cc1cccc(C)c1NC(=S)N(Cc1cccc(F)c1)CC1CCCO1. The monoisotopic (exact) mass is 372 g/mol. The molecule has 0 spiro atoms. The lowest BCUT2D eigenvalue weighted by atomic mass is 10.1. The Kier molecular flexibility index (Phi) is 6.22. The van der Waals surface area contributed by atoms with Crippen molar-refractivity contribution < 1.29 is 9.13 Å². The number of nitrogens with one attached hydrogen (secondary N) is 1. The highest BCUT2D eigenvalue weighted by molar-refractivity contribution is 7.80. The van der Waals surface area contributed by atoms with Crippen molar-refractivity contribution >= 4 is 23.0 Å². The molecular weight excluding hydrogens is 347 g/mol. The van der Waals surface area contributed by atoms with Crippen LogP contribution in [0.4, 0.5) is 10.1 Å². The van der Waals surface area contributed by atoms with Gasteiger partial charge in [-0.3, -0.25) is 0 Å². The summed E-state index contributed by atoms with van der Waals surface area (Å²) in [6, 6.07) is 12.8. The highest BCUT2D eigenvalue weighted by atomic mass is 32.1. The van der Waals surface area contributed by atoms with Crippen LogP contribution < -0.4 is 5.32 Å². The van der Waals surface area contributed by atoms with Gasteiger partial charge in [0.05, 0.1) is 6.10 Å². The molecule has 0 aromatic heterocycles. The minimum atomic E-state index is -0.229. The summed E-state index contributed by atoms with van der Waals surface area (Å²) in [5.74, 6) is -0.229. The van der Waals surface area contributed by atoms with Gasteiger partial charge >= 0.3 is 0 Å². The number of ether oxygens (including phenoxy) is 1. The van der Waals surface area contributed by atoms with E-state index in [0.717, 1.165) is 41.8 Å². The van der Waals surface area contributed by atoms with Crippen LogP contribution in [-0.2, 0) is 11.3 Å². The third kappa shape index (κ3) is 4.80. The standard InChI is InChI=1S/C21H25FN2OS/c1-15-6-3-7-16(2)20(15)23-21(26)24(14-19-10-5-11-25-19)13-17-8-4-9-18(22)12-17/h3-4,6-9,12,19H,5,10-11,13-14H2,1-2H3,(H,23,26). The van der Waals surface area contributed by atoms with E-state index >= 15 is 0 Å². The summed E-state index contributed by atoms with van der Waals surface area (Å²) in [6.45, 7) is 6.18. The molecule has 0 aliphatic carbocycles. The van der Waals surface area contributed by atoms with Crippen LogP contribution in [0.5, 0.6) is 0 Å². The molecule has 5 heteroatoms. The maximum atomic E-state index is 13.6. The number of hydrogen-bond acceptors (Lipinski definition) is 2. The van der Waals surface area contributed by atoms with Gasteiger partial charge in [-0.25, -0.2) is 4.39 Å². The second-order valence-corrected chi connectivity index (χ2v) is 7.23. The number of nitrogens with zero attached hydrogens (tertiary/aromatic N) is 1. The number of hydrogen-bond donors (Lipinski definition) is 1. The van der Waals surface area contributed by atoms with Gasteiger partial charge in [-0.15, -0.1) is 0 Å². The summed E-state index contributed by atoms with van der Waals surface area (Å²) in [7, 11) is 0. The van der Waals surface area contributed by atoms with Gasteiger partial charge in [0.1, 0.15) is 5.82 Å². The fourth-order valence-electron chi connectivity index (χ4n) is 3.31. The van der Waals surface area contributed by atoms with Crippen LogP contribution in [0.25, 0.3) is 0 Å². The van der Waals surface area contributed by atoms with E-state index in [-0.39, 0.29) is 11.9 Å². The molecule has 3 rings (SSSR count). The largest absolute Gasteiger partial charge is 0.376 e. The van der Waals surface area contributed by atoms with E-state index in [9.17, 15) is 4.39 Å². The molecule has 0 saturated carbocycles. The van der Waals surface area contributed by atoms with Gasteiger partial charge in [0.25, 0.3) is 0 Å². The molecule has 1 atom stereocenters. The number of aryl methyl sites for hydroxylation is 2. The fourth-order valence-corrected chi connectivity index (χ4v) is 3.55. The number of benzene rings is 2. The zero-order chi connectivity index (χ0) is 18.5. The molecule has 0 radical (unpaired) electrons. The van der Waals surface area contributed by atoms with Gasteiger partial charge in [-0.05, 0) is 67.7 Å². The summed E-state index contributed by atoms with van der Waals surface area (Å²) in [4.78, 5) is 2.08. The topological polar surface area (TPSA) is 24.5 Å². The Morgan fingerprint density at radius 2 is 1.96 bits per heavy atom. The van der Waals surface area contributed by atoms with Gasteiger partial charge in [0.2, 0.25) is 0 Å². The second-order valence-electron chi connectivity index (χ2n) is 6.84. The number of para-hydroxylation sites is 1. The predicted octanol–water partition coefficient (Wildman–Crippen LogP) is 4.82. The Hall–Kier alpha value is -1.98. The van der Waals surface area contributed by atoms with Crippen molar-refractivity contribution in [3.63, 3.8) is 0 Å². The van der Waals surface area contributed by atoms with Crippen molar-refractivity contribution in [2.75, 3.05) is 18.5 Å². The summed E-state index contributed by atoms with van der Waals surface area (Å²) in [6.07, 6.45) is 2.28. The summed E-state index contributed by atoms with van der Waals surface area (Å²) in [5, 5.41) is 4.04. The van der Waals surface area contributed by atoms with E-state index in [2.05, 4.69) is 36.2 Å². The van der Waals surface area contributed by atoms with Crippen LogP contribution in [0.2, 0.25) is 0 Å². The van der Waals surface area contributed by atoms with Gasteiger partial charge < -0.3 is 15.0 Å². The minimum absolute atomic E-state index is 0.168. The molecule has 1 N–H and O–H groups in total. The second kappa shape index (κ2) is 8.60. The van der Waals surface area contributed by atoms with E-state index in [4.69, 9.17) is 17.0 Å². The third-order valence-electron chi connectivity index (χ3n) is 4.71. The zero-order valence-electron chi connectivity index (χ0n) is 15.3. The predicted molar refractivity (Wildman–Crippen MR) is 108 cm³/mol. The van der Waals surface area contributed by atoms with Crippen LogP contribution in [0.3, 0.4) is 0 Å². The molecule has 3 nitrogen and oxygen atoms in total. The summed E-state index contributed by atoms with van der Waals surface area (Å²) in [5.41, 5.74) is 4.23. The molecule has 1 aliphatic rings. The highest BCUT2D eigenvalue weighted by Gasteiger charge is 2.22. The lowest BCUT2D eigenvalue weighted by molar-refractivity contribution is 0.0905. The van der Waals surface area contributed by atoms with E-state index in [1.54, 1.807) is 12.1 Å². The van der Waals surface area contributed by atoms with Crippen molar-refractivity contribution in [3.8, 4) is 0 Å². The Morgan fingerprint density at radius 1 is 1.23 bits per heavy atom. The lowest BCUT2D eigenvalue weighted by Crippen LogP contribution is -2.39. The average molecular weight is 373 g/mol. The Bertz CT molecular complexity index is 754. The molecule has 138 valence electrons. The summed E-state index contributed by atoms with van der Waals surface area (Å²) < 4.78 is 19.4. The van der Waals surface area contributed by atoms with Crippen LogP contribution in [-0.4, -0.2) is 29.3 Å². The molecule has 1 unspecified atom stereocenters.